The number of aliphatic hydroxyl groups is 4. The number of ether oxygens (including phenoxy) is 2. The Kier molecular flexibility index (Phi) is 12.5. The number of aromatic amines is 2. The monoisotopic (exact) mass is 940 g/mol. The minimum atomic E-state index is -0.561. The molecule has 70 heavy (non-hydrogen) atoms. The van der Waals surface area contributed by atoms with E-state index >= 15 is 0 Å². The number of benzene rings is 4. The van der Waals surface area contributed by atoms with Crippen molar-refractivity contribution < 1.29 is 29.9 Å². The highest BCUT2D eigenvalue weighted by molar-refractivity contribution is 5.87. The van der Waals surface area contributed by atoms with Gasteiger partial charge in [0.25, 0.3) is 0 Å². The van der Waals surface area contributed by atoms with Crippen LogP contribution in [0.25, 0.3) is 21.8 Å². The molecule has 2 aliphatic heterocycles. The molecule has 2 unspecified atom stereocenters. The highest BCUT2D eigenvalue weighted by Gasteiger charge is 2.29. The lowest BCUT2D eigenvalue weighted by Crippen LogP contribution is -2.42. The molecule has 0 fully saturated rings. The topological polar surface area (TPSA) is 187 Å². The average molecular weight is 941 g/mol. The summed E-state index contributed by atoms with van der Waals surface area (Å²) in [7, 11) is 0. The molecule has 0 bridgehead atoms. The van der Waals surface area contributed by atoms with Gasteiger partial charge in [0, 0.05) is 101 Å². The fraction of sp³-hybridized carbons (Fsp3) is 0.321. The quantitative estimate of drug-likeness (QED) is 0.0617. The van der Waals surface area contributed by atoms with Crippen molar-refractivity contribution in [1.82, 2.24) is 19.9 Å². The van der Waals surface area contributed by atoms with Crippen molar-refractivity contribution in [3.8, 4) is 11.5 Å². The van der Waals surface area contributed by atoms with Crippen LogP contribution in [0.15, 0.2) is 110 Å². The number of hydrogen-bond acceptors (Lipinski definition) is 12. The maximum absolute atomic E-state index is 10.5. The van der Waals surface area contributed by atoms with Gasteiger partial charge in [0.15, 0.2) is 0 Å². The van der Waals surface area contributed by atoms with Gasteiger partial charge >= 0.3 is 0 Å². The molecule has 360 valence electrons. The highest BCUT2D eigenvalue weighted by Crippen LogP contribution is 2.41. The van der Waals surface area contributed by atoms with Crippen LogP contribution in [0.3, 0.4) is 0 Å². The van der Waals surface area contributed by atoms with Gasteiger partial charge in [-0.2, -0.15) is 0 Å². The number of H-pyrrole nitrogens is 2. The maximum Gasteiger partial charge on any atom is 0.145 e. The van der Waals surface area contributed by atoms with Crippen molar-refractivity contribution in [2.45, 2.75) is 76.8 Å². The van der Waals surface area contributed by atoms with Crippen LogP contribution in [-0.4, -0.2) is 92.0 Å². The Morgan fingerprint density at radius 2 is 1.19 bits per heavy atom. The first-order valence-corrected chi connectivity index (χ1v) is 24.5. The van der Waals surface area contributed by atoms with E-state index in [1.165, 1.54) is 44.1 Å². The number of nitrogens with zero attached hydrogens (tertiary/aromatic N) is 4. The lowest BCUT2D eigenvalue weighted by Gasteiger charge is -2.36. The zero-order chi connectivity index (χ0) is 47.9. The number of aliphatic hydroxyl groups excluding tert-OH is 4. The molecule has 12 rings (SSSR count). The smallest absolute Gasteiger partial charge is 0.145 e. The normalized spacial score (nSPS) is 19.1. The maximum atomic E-state index is 10.5. The van der Waals surface area contributed by atoms with Crippen LogP contribution >= 0.6 is 0 Å². The number of aromatic nitrogens is 4. The molecule has 2 aliphatic carbocycles. The summed E-state index contributed by atoms with van der Waals surface area (Å²) in [6, 6.07) is 28.9. The van der Waals surface area contributed by atoms with Crippen molar-refractivity contribution in [2.75, 3.05) is 59.8 Å². The third-order valence-electron chi connectivity index (χ3n) is 14.4. The Morgan fingerprint density at radius 1 is 0.657 bits per heavy atom. The van der Waals surface area contributed by atoms with E-state index in [0.717, 1.165) is 107 Å². The fourth-order valence-electron chi connectivity index (χ4n) is 10.7. The summed E-state index contributed by atoms with van der Waals surface area (Å²) >= 11 is 0. The number of pyridine rings is 2. The Bertz CT molecular complexity index is 3120. The SMILES string of the molecule is Cc1cccc2c(CCN3CC(O)COc4cc(Nc5ccnc6c5CCC6O)ccc43)c[nH]c12.Cc1cccc2c(CCN3C[C@@H](CO)Oc4cc(Nc5ccnc6c5CC[C@@H]6O)ccc43)c[nH]c12. The summed E-state index contributed by atoms with van der Waals surface area (Å²) in [4.78, 5) is 20.1. The van der Waals surface area contributed by atoms with Gasteiger partial charge in [0.05, 0.1) is 48.1 Å². The third-order valence-corrected chi connectivity index (χ3v) is 14.4. The number of nitrogens with one attached hydrogen (secondary N) is 4. The second-order valence-corrected chi connectivity index (χ2v) is 19.1. The highest BCUT2D eigenvalue weighted by atomic mass is 16.5. The summed E-state index contributed by atoms with van der Waals surface area (Å²) < 4.78 is 12.1. The molecular weight excluding hydrogens is 881 g/mol. The Hall–Kier alpha value is -7.10. The molecular formula is C56H60N8O6. The van der Waals surface area contributed by atoms with Crippen molar-refractivity contribution in [2.24, 2.45) is 0 Å². The molecule has 14 nitrogen and oxygen atoms in total. The molecule has 8 aromatic rings. The summed E-state index contributed by atoms with van der Waals surface area (Å²) in [6.45, 7) is 7.25. The van der Waals surface area contributed by atoms with E-state index < -0.39 is 18.3 Å². The first kappa shape index (κ1) is 45.3. The van der Waals surface area contributed by atoms with Gasteiger partial charge < -0.3 is 60.3 Å². The van der Waals surface area contributed by atoms with Crippen LogP contribution < -0.4 is 29.9 Å². The zero-order valence-electron chi connectivity index (χ0n) is 39.6. The first-order chi connectivity index (χ1) is 34.2. The van der Waals surface area contributed by atoms with Gasteiger partial charge in [-0.05, 0) is 122 Å². The van der Waals surface area contributed by atoms with Gasteiger partial charge in [-0.25, -0.2) is 0 Å². The van der Waals surface area contributed by atoms with Crippen molar-refractivity contribution in [3.05, 3.63) is 154 Å². The van der Waals surface area contributed by atoms with Crippen molar-refractivity contribution in [1.29, 1.82) is 0 Å². The molecule has 4 aromatic carbocycles. The summed E-state index contributed by atoms with van der Waals surface area (Å²) in [5.74, 6) is 1.52. The summed E-state index contributed by atoms with van der Waals surface area (Å²) in [5, 5.41) is 50.2. The van der Waals surface area contributed by atoms with Gasteiger partial charge in [0.1, 0.15) is 30.3 Å². The van der Waals surface area contributed by atoms with Crippen LogP contribution in [0, 0.1) is 13.8 Å². The van der Waals surface area contributed by atoms with E-state index in [1.807, 2.05) is 30.3 Å². The predicted octanol–water partition coefficient (Wildman–Crippen LogP) is 8.79. The van der Waals surface area contributed by atoms with E-state index in [2.05, 4.69) is 121 Å². The Morgan fingerprint density at radius 3 is 1.74 bits per heavy atom. The molecule has 0 spiro atoms. The molecule has 6 heterocycles. The minimum absolute atomic E-state index is 0.0321. The lowest BCUT2D eigenvalue weighted by atomic mass is 10.1. The lowest BCUT2D eigenvalue weighted by molar-refractivity contribution is 0.112. The van der Waals surface area contributed by atoms with Gasteiger partial charge in [-0.3, -0.25) is 9.97 Å². The van der Waals surface area contributed by atoms with E-state index in [1.54, 1.807) is 12.4 Å². The molecule has 4 aliphatic rings. The second kappa shape index (κ2) is 19.4. The van der Waals surface area contributed by atoms with Gasteiger partial charge in [-0.15, -0.1) is 0 Å². The average Bonchev–Trinajstić information content (AvgIpc) is 4.16. The van der Waals surface area contributed by atoms with E-state index in [0.29, 0.717) is 25.9 Å². The van der Waals surface area contributed by atoms with Crippen LogP contribution in [0.4, 0.5) is 34.1 Å². The molecule has 4 atom stereocenters. The Balaban J connectivity index is 0.000000152. The molecule has 0 amide bonds. The summed E-state index contributed by atoms with van der Waals surface area (Å²) in [6.07, 6.45) is 10.7. The molecule has 8 N–H and O–H groups in total. The van der Waals surface area contributed by atoms with Crippen LogP contribution in [0.2, 0.25) is 0 Å². The van der Waals surface area contributed by atoms with Crippen molar-refractivity contribution >= 4 is 55.9 Å². The van der Waals surface area contributed by atoms with E-state index in [9.17, 15) is 20.4 Å². The third kappa shape index (κ3) is 8.99. The molecule has 0 saturated carbocycles. The van der Waals surface area contributed by atoms with E-state index in [4.69, 9.17) is 9.47 Å². The number of fused-ring (bicyclic) bond motifs is 6. The van der Waals surface area contributed by atoms with Crippen LogP contribution in [0.5, 0.6) is 11.5 Å². The number of rotatable bonds is 11. The second-order valence-electron chi connectivity index (χ2n) is 19.1. The number of aryl methyl sites for hydroxylation is 2. The molecule has 14 heteroatoms. The standard InChI is InChI=1S/2C28H30N4O3/c1-17-3-2-4-21-18(14-30-27(17)21)10-12-32-15-20(33)16-35-26-13-19(5-7-24(26)32)31-23-9-11-29-28-22(23)6-8-25(28)34;1-17-3-2-4-21-18(14-30-27(17)21)10-12-32-15-20(16-33)35-26-13-19(5-7-24(26)32)31-23-9-11-29-28-22(23)6-8-25(28)34/h2*2-5,7,9,11,13-14,20,25,30,33-34H,6,8,10,12,15-16H2,1H3,(H,29,31)/t;20-,25-/m.0/s1. The van der Waals surface area contributed by atoms with Gasteiger partial charge in [-0.1, -0.05) is 36.4 Å². The molecule has 0 saturated heterocycles. The number of anilines is 6. The predicted molar refractivity (Wildman–Crippen MR) is 275 cm³/mol. The molecule has 4 aromatic heterocycles. The largest absolute Gasteiger partial charge is 0.489 e. The van der Waals surface area contributed by atoms with Crippen LogP contribution in [-0.2, 0) is 25.7 Å². The van der Waals surface area contributed by atoms with Crippen LogP contribution in [0.1, 0.15) is 69.8 Å². The number of β-amino-alcohol motifs (C(OH)–C–C–N with tert-alkyl or cyclic N) is 1. The molecule has 0 radical (unpaired) electrons. The van der Waals surface area contributed by atoms with Gasteiger partial charge in [0.2, 0.25) is 0 Å². The summed E-state index contributed by atoms with van der Waals surface area (Å²) in [5.41, 5.74) is 16.9. The fourth-order valence-corrected chi connectivity index (χ4v) is 10.7. The first-order valence-electron chi connectivity index (χ1n) is 24.5. The minimum Gasteiger partial charge on any atom is -0.489 e. The number of para-hydroxylation sites is 2. The van der Waals surface area contributed by atoms with E-state index in [-0.39, 0.29) is 19.3 Å². The van der Waals surface area contributed by atoms with Crippen molar-refractivity contribution in [3.63, 3.8) is 0 Å². The number of hydrogen-bond donors (Lipinski definition) is 8. The Labute approximate surface area is 407 Å². The zero-order valence-corrected chi connectivity index (χ0v) is 39.6.